The summed E-state index contributed by atoms with van der Waals surface area (Å²) in [5, 5.41) is 6.57. The van der Waals surface area contributed by atoms with Crippen molar-refractivity contribution in [3.63, 3.8) is 0 Å². The maximum Gasteiger partial charge on any atom is 0.222 e. The Hall–Kier alpha value is -1.59. The predicted octanol–water partition coefficient (Wildman–Crippen LogP) is 2.36. The van der Waals surface area contributed by atoms with Gasteiger partial charge in [0.05, 0.1) is 18.1 Å². The molecule has 2 fully saturated rings. The highest BCUT2D eigenvalue weighted by Crippen LogP contribution is 2.38. The molecule has 2 unspecified atom stereocenters. The van der Waals surface area contributed by atoms with E-state index in [1.807, 2.05) is 0 Å². The second kappa shape index (κ2) is 7.20. The molecule has 5 nitrogen and oxygen atoms in total. The molecule has 1 amide bonds. The van der Waals surface area contributed by atoms with Crippen molar-refractivity contribution in [1.82, 2.24) is 10.6 Å². The SMILES string of the molecule is CC1Cc2cc(C[C@@H](C)NC(=O)CC3CNCC4(CCC4)O3)ccc2O1. The first-order chi connectivity index (χ1) is 12.5. The van der Waals surface area contributed by atoms with Gasteiger partial charge in [0.2, 0.25) is 5.91 Å². The molecule has 5 heteroatoms. The van der Waals surface area contributed by atoms with Gasteiger partial charge >= 0.3 is 0 Å². The number of fused-ring (bicyclic) bond motifs is 1. The van der Waals surface area contributed by atoms with E-state index in [1.165, 1.54) is 17.5 Å². The van der Waals surface area contributed by atoms with Gasteiger partial charge < -0.3 is 20.1 Å². The third-order valence-electron chi connectivity index (χ3n) is 5.82. The first kappa shape index (κ1) is 17.8. The lowest BCUT2D eigenvalue weighted by Gasteiger charge is -2.47. The van der Waals surface area contributed by atoms with Crippen molar-refractivity contribution >= 4 is 5.91 Å². The van der Waals surface area contributed by atoms with Gasteiger partial charge in [0.15, 0.2) is 0 Å². The van der Waals surface area contributed by atoms with Crippen LogP contribution < -0.4 is 15.4 Å². The van der Waals surface area contributed by atoms with E-state index in [4.69, 9.17) is 9.47 Å². The van der Waals surface area contributed by atoms with E-state index in [2.05, 4.69) is 42.7 Å². The quantitative estimate of drug-likeness (QED) is 0.848. The monoisotopic (exact) mass is 358 g/mol. The summed E-state index contributed by atoms with van der Waals surface area (Å²) in [6.07, 6.45) is 5.98. The summed E-state index contributed by atoms with van der Waals surface area (Å²) in [7, 11) is 0. The van der Waals surface area contributed by atoms with Crippen molar-refractivity contribution in [2.45, 2.75) is 76.2 Å². The normalized spacial score (nSPS) is 27.3. The zero-order valence-electron chi connectivity index (χ0n) is 15.8. The highest BCUT2D eigenvalue weighted by Gasteiger charge is 2.42. The predicted molar refractivity (Wildman–Crippen MR) is 100 cm³/mol. The average Bonchev–Trinajstić information content (AvgIpc) is 2.92. The van der Waals surface area contributed by atoms with Gasteiger partial charge in [0, 0.05) is 25.6 Å². The minimum Gasteiger partial charge on any atom is -0.490 e. The number of rotatable bonds is 5. The minimum absolute atomic E-state index is 0.00474. The molecule has 2 N–H and O–H groups in total. The van der Waals surface area contributed by atoms with Gasteiger partial charge in [0.25, 0.3) is 0 Å². The lowest BCUT2D eigenvalue weighted by atomic mass is 9.79. The molecular weight excluding hydrogens is 328 g/mol. The van der Waals surface area contributed by atoms with E-state index < -0.39 is 0 Å². The van der Waals surface area contributed by atoms with Crippen LogP contribution in [-0.4, -0.2) is 42.8 Å². The largest absolute Gasteiger partial charge is 0.490 e. The van der Waals surface area contributed by atoms with Crippen LogP contribution in [0.4, 0.5) is 0 Å². The van der Waals surface area contributed by atoms with Crippen molar-refractivity contribution in [2.24, 2.45) is 0 Å². The smallest absolute Gasteiger partial charge is 0.222 e. The number of hydrogen-bond donors (Lipinski definition) is 2. The molecule has 3 aliphatic rings. The van der Waals surface area contributed by atoms with Gasteiger partial charge in [-0.05, 0) is 56.7 Å². The van der Waals surface area contributed by atoms with Crippen molar-refractivity contribution in [3.8, 4) is 5.75 Å². The molecular formula is C21H30N2O3. The molecule has 0 aromatic heterocycles. The number of benzene rings is 1. The Kier molecular flexibility index (Phi) is 4.93. The van der Waals surface area contributed by atoms with E-state index in [-0.39, 0.29) is 29.8 Å². The molecule has 2 heterocycles. The van der Waals surface area contributed by atoms with Gasteiger partial charge in [-0.2, -0.15) is 0 Å². The van der Waals surface area contributed by atoms with E-state index >= 15 is 0 Å². The number of carbonyl (C=O) groups is 1. The highest BCUT2D eigenvalue weighted by molar-refractivity contribution is 5.76. The second-order valence-corrected chi connectivity index (χ2v) is 8.36. The fourth-order valence-electron chi connectivity index (χ4n) is 4.42. The Morgan fingerprint density at radius 1 is 1.42 bits per heavy atom. The number of nitrogens with one attached hydrogen (secondary N) is 2. The van der Waals surface area contributed by atoms with Gasteiger partial charge in [-0.3, -0.25) is 4.79 Å². The Morgan fingerprint density at radius 2 is 2.27 bits per heavy atom. The van der Waals surface area contributed by atoms with Crippen LogP contribution in [0.1, 0.15) is 50.7 Å². The van der Waals surface area contributed by atoms with Gasteiger partial charge in [-0.25, -0.2) is 0 Å². The van der Waals surface area contributed by atoms with E-state index in [9.17, 15) is 4.79 Å². The van der Waals surface area contributed by atoms with Crippen LogP contribution in [0.2, 0.25) is 0 Å². The molecule has 142 valence electrons. The topological polar surface area (TPSA) is 59.6 Å². The molecule has 1 aliphatic carbocycles. The van der Waals surface area contributed by atoms with E-state index in [0.29, 0.717) is 6.42 Å². The summed E-state index contributed by atoms with van der Waals surface area (Å²) >= 11 is 0. The van der Waals surface area contributed by atoms with Gasteiger partial charge in [-0.1, -0.05) is 12.1 Å². The van der Waals surface area contributed by atoms with Crippen molar-refractivity contribution in [3.05, 3.63) is 29.3 Å². The first-order valence-electron chi connectivity index (χ1n) is 9.98. The Bertz CT molecular complexity index is 671. The number of morpholine rings is 1. The Balaban J connectivity index is 1.26. The molecule has 1 aromatic rings. The third-order valence-corrected chi connectivity index (χ3v) is 5.82. The first-order valence-corrected chi connectivity index (χ1v) is 9.98. The summed E-state index contributed by atoms with van der Waals surface area (Å²) in [5.74, 6) is 1.09. The fraction of sp³-hybridized carbons (Fsp3) is 0.667. The Labute approximate surface area is 155 Å². The maximum atomic E-state index is 12.4. The zero-order valence-corrected chi connectivity index (χ0v) is 15.8. The maximum absolute atomic E-state index is 12.4. The average molecular weight is 358 g/mol. The molecule has 4 rings (SSSR count). The van der Waals surface area contributed by atoms with Crippen LogP contribution in [-0.2, 0) is 22.4 Å². The second-order valence-electron chi connectivity index (χ2n) is 8.36. The zero-order chi connectivity index (χ0) is 18.1. The molecule has 0 bridgehead atoms. The van der Waals surface area contributed by atoms with Crippen LogP contribution in [0.5, 0.6) is 5.75 Å². The lowest BCUT2D eigenvalue weighted by Crippen LogP contribution is -2.58. The molecule has 1 saturated heterocycles. The van der Waals surface area contributed by atoms with Crippen LogP contribution in [0.25, 0.3) is 0 Å². The van der Waals surface area contributed by atoms with Crippen molar-refractivity contribution in [2.75, 3.05) is 13.1 Å². The molecule has 2 aliphatic heterocycles. The van der Waals surface area contributed by atoms with E-state index in [0.717, 1.165) is 44.5 Å². The van der Waals surface area contributed by atoms with Gasteiger partial charge in [-0.15, -0.1) is 0 Å². The standard InChI is InChI=1S/C21H30N2O3/c1-14(8-16-4-5-19-17(10-16)9-15(2)25-19)23-20(24)11-18-12-22-13-21(26-18)6-3-7-21/h4-5,10,14-15,18,22H,3,6-9,11-13H2,1-2H3,(H,23,24)/t14-,15?,18?/m1/s1. The third kappa shape index (κ3) is 3.89. The lowest BCUT2D eigenvalue weighted by molar-refractivity contribution is -0.163. The van der Waals surface area contributed by atoms with E-state index in [1.54, 1.807) is 0 Å². The Morgan fingerprint density at radius 3 is 3.04 bits per heavy atom. The van der Waals surface area contributed by atoms with Crippen molar-refractivity contribution < 1.29 is 14.3 Å². The molecule has 3 atom stereocenters. The van der Waals surface area contributed by atoms with Crippen LogP contribution in [0, 0.1) is 0 Å². The van der Waals surface area contributed by atoms with Crippen molar-refractivity contribution in [1.29, 1.82) is 0 Å². The minimum atomic E-state index is -0.00474. The molecule has 1 aromatic carbocycles. The summed E-state index contributed by atoms with van der Waals surface area (Å²) in [4.78, 5) is 12.4. The molecule has 1 spiro atoms. The fourth-order valence-corrected chi connectivity index (χ4v) is 4.42. The number of hydrogen-bond acceptors (Lipinski definition) is 4. The molecule has 1 saturated carbocycles. The van der Waals surface area contributed by atoms with Crippen LogP contribution in [0.15, 0.2) is 18.2 Å². The number of carbonyl (C=O) groups excluding carboxylic acids is 1. The molecule has 0 radical (unpaired) electrons. The highest BCUT2D eigenvalue weighted by atomic mass is 16.5. The number of ether oxygens (including phenoxy) is 2. The van der Waals surface area contributed by atoms with Gasteiger partial charge in [0.1, 0.15) is 11.9 Å². The summed E-state index contributed by atoms with van der Waals surface area (Å²) < 4.78 is 12.0. The summed E-state index contributed by atoms with van der Waals surface area (Å²) in [6, 6.07) is 6.49. The van der Waals surface area contributed by atoms with Crippen LogP contribution >= 0.6 is 0 Å². The summed E-state index contributed by atoms with van der Waals surface area (Å²) in [5.41, 5.74) is 2.54. The molecule has 26 heavy (non-hydrogen) atoms. The van der Waals surface area contributed by atoms with Crippen LogP contribution in [0.3, 0.4) is 0 Å². The summed E-state index contributed by atoms with van der Waals surface area (Å²) in [6.45, 7) is 5.87. The number of amides is 1.